The Hall–Kier alpha value is -4.88. The van der Waals surface area contributed by atoms with Gasteiger partial charge in [-0.15, -0.1) is 0 Å². The Balaban J connectivity index is 1.89. The molecule has 0 spiro atoms. The third-order valence-electron chi connectivity index (χ3n) is 6.63. The van der Waals surface area contributed by atoms with Crippen LogP contribution in [-0.4, -0.2) is 35.3 Å². The highest BCUT2D eigenvalue weighted by atomic mass is 16.5. The lowest BCUT2D eigenvalue weighted by Crippen LogP contribution is -2.46. The third-order valence-corrected chi connectivity index (χ3v) is 6.63. The summed E-state index contributed by atoms with van der Waals surface area (Å²) >= 11 is 0. The zero-order chi connectivity index (χ0) is 28.5. The van der Waals surface area contributed by atoms with E-state index in [4.69, 9.17) is 10.00 Å². The third kappa shape index (κ3) is 6.22. The van der Waals surface area contributed by atoms with Crippen LogP contribution in [-0.2, 0) is 14.3 Å². The van der Waals surface area contributed by atoms with Crippen molar-refractivity contribution in [2.75, 3.05) is 11.5 Å². The molecule has 2 unspecified atom stereocenters. The number of fused-ring (bicyclic) bond motifs is 1. The van der Waals surface area contributed by atoms with Crippen LogP contribution in [0.2, 0.25) is 0 Å². The molecule has 2 atom stereocenters. The highest BCUT2D eigenvalue weighted by Gasteiger charge is 2.43. The summed E-state index contributed by atoms with van der Waals surface area (Å²) in [6.45, 7) is 3.71. The monoisotopic (exact) mass is 533 g/mol. The number of benzene rings is 3. The van der Waals surface area contributed by atoms with Gasteiger partial charge in [0.05, 0.1) is 30.3 Å². The largest absolute Gasteiger partial charge is 0.466 e. The van der Waals surface area contributed by atoms with Gasteiger partial charge in [-0.2, -0.15) is 5.26 Å². The van der Waals surface area contributed by atoms with Gasteiger partial charge in [0.15, 0.2) is 0 Å². The summed E-state index contributed by atoms with van der Waals surface area (Å²) in [5.41, 5.74) is 2.65. The number of hydrogen-bond acceptors (Lipinski definition) is 5. The second kappa shape index (κ2) is 13.3. The van der Waals surface area contributed by atoms with Gasteiger partial charge in [0.25, 0.3) is 11.8 Å². The van der Waals surface area contributed by atoms with Crippen molar-refractivity contribution in [2.45, 2.75) is 51.6 Å². The van der Waals surface area contributed by atoms with Crippen LogP contribution >= 0.6 is 0 Å². The second-order valence-electron chi connectivity index (χ2n) is 9.44. The number of amides is 2. The van der Waals surface area contributed by atoms with Crippen LogP contribution in [0.4, 0.5) is 11.4 Å². The Bertz CT molecular complexity index is 1470. The fraction of sp³-hybridized carbons (Fsp3) is 0.273. The number of hydrogen-bond donors (Lipinski definition) is 0. The first-order valence-corrected chi connectivity index (χ1v) is 13.4. The molecule has 0 saturated carbocycles. The Morgan fingerprint density at radius 2 is 1.70 bits per heavy atom. The fourth-order valence-electron chi connectivity index (χ4n) is 4.81. The van der Waals surface area contributed by atoms with Crippen molar-refractivity contribution in [3.63, 3.8) is 0 Å². The van der Waals surface area contributed by atoms with Gasteiger partial charge in [-0.05, 0) is 56.2 Å². The molecule has 0 bridgehead atoms. The van der Waals surface area contributed by atoms with E-state index in [1.165, 1.54) is 4.90 Å². The topological polar surface area (TPSA) is 90.7 Å². The van der Waals surface area contributed by atoms with E-state index in [-0.39, 0.29) is 24.8 Å². The molecule has 0 fully saturated rings. The molecule has 0 saturated heterocycles. The van der Waals surface area contributed by atoms with E-state index in [1.807, 2.05) is 60.7 Å². The number of ether oxygens (including phenoxy) is 1. The molecule has 3 aromatic rings. The van der Waals surface area contributed by atoms with Gasteiger partial charge in [-0.25, -0.2) is 0 Å². The Morgan fingerprint density at radius 1 is 1.00 bits per heavy atom. The zero-order valence-electron chi connectivity index (χ0n) is 22.7. The van der Waals surface area contributed by atoms with Gasteiger partial charge in [0.1, 0.15) is 6.04 Å². The minimum Gasteiger partial charge on any atom is -0.466 e. The normalized spacial score (nSPS) is 15.3. The van der Waals surface area contributed by atoms with Crippen molar-refractivity contribution in [3.05, 3.63) is 95.6 Å². The summed E-state index contributed by atoms with van der Waals surface area (Å²) in [6.07, 6.45) is 1.60. The molecular formula is C33H31N3O4. The lowest BCUT2D eigenvalue weighted by molar-refractivity contribution is -0.144. The van der Waals surface area contributed by atoms with Gasteiger partial charge in [-0.3, -0.25) is 19.3 Å². The van der Waals surface area contributed by atoms with E-state index in [2.05, 4.69) is 17.9 Å². The predicted molar refractivity (Wildman–Crippen MR) is 152 cm³/mol. The number of carbonyl (C=O) groups excluding carboxylic acids is 3. The molecule has 40 heavy (non-hydrogen) atoms. The highest BCUT2D eigenvalue weighted by molar-refractivity contribution is 6.14. The fourth-order valence-corrected chi connectivity index (χ4v) is 4.81. The number of nitrogens with zero attached hydrogens (tertiary/aromatic N) is 3. The molecule has 7 heteroatoms. The molecular weight excluding hydrogens is 502 g/mol. The van der Waals surface area contributed by atoms with Gasteiger partial charge < -0.3 is 9.64 Å². The summed E-state index contributed by atoms with van der Waals surface area (Å²) in [5, 5.41) is 8.77. The summed E-state index contributed by atoms with van der Waals surface area (Å²) in [4.78, 5) is 44.5. The summed E-state index contributed by atoms with van der Waals surface area (Å²) in [7, 11) is 0. The van der Waals surface area contributed by atoms with Crippen LogP contribution in [0.15, 0.2) is 78.9 Å². The van der Waals surface area contributed by atoms with Crippen LogP contribution in [0.1, 0.15) is 67.1 Å². The Morgan fingerprint density at radius 3 is 2.38 bits per heavy atom. The molecule has 0 radical (unpaired) electrons. The Kier molecular flexibility index (Phi) is 9.33. The molecule has 1 aliphatic rings. The van der Waals surface area contributed by atoms with Crippen LogP contribution in [0, 0.1) is 23.2 Å². The number of carbonyl (C=O) groups is 3. The first-order chi connectivity index (χ1) is 19.5. The number of rotatable bonds is 8. The van der Waals surface area contributed by atoms with Crippen molar-refractivity contribution in [1.82, 2.24) is 4.90 Å². The van der Waals surface area contributed by atoms with E-state index in [1.54, 1.807) is 36.9 Å². The van der Waals surface area contributed by atoms with Crippen molar-refractivity contribution in [3.8, 4) is 17.9 Å². The van der Waals surface area contributed by atoms with E-state index in [0.717, 1.165) is 0 Å². The molecule has 1 heterocycles. The van der Waals surface area contributed by atoms with Crippen LogP contribution in [0.5, 0.6) is 0 Å². The quantitative estimate of drug-likeness (QED) is 0.203. The summed E-state index contributed by atoms with van der Waals surface area (Å²) in [5.74, 6) is 5.03. The summed E-state index contributed by atoms with van der Waals surface area (Å²) in [6, 6.07) is 24.1. The van der Waals surface area contributed by atoms with Crippen LogP contribution < -0.4 is 4.90 Å². The second-order valence-corrected chi connectivity index (χ2v) is 9.44. The maximum Gasteiger partial charge on any atom is 0.307 e. The van der Waals surface area contributed by atoms with E-state index < -0.39 is 18.1 Å². The Labute approximate surface area is 235 Å². The predicted octanol–water partition coefficient (Wildman–Crippen LogP) is 5.94. The van der Waals surface area contributed by atoms with Crippen molar-refractivity contribution < 1.29 is 19.1 Å². The first-order valence-electron chi connectivity index (χ1n) is 13.4. The van der Waals surface area contributed by atoms with Gasteiger partial charge in [0.2, 0.25) is 0 Å². The highest BCUT2D eigenvalue weighted by Crippen LogP contribution is 2.40. The van der Waals surface area contributed by atoms with Crippen molar-refractivity contribution in [1.29, 1.82) is 5.26 Å². The molecule has 0 aromatic heterocycles. The van der Waals surface area contributed by atoms with Gasteiger partial charge in [-0.1, -0.05) is 60.4 Å². The molecule has 202 valence electrons. The number of nitriles is 1. The molecule has 0 N–H and O–H groups in total. The molecule has 2 amide bonds. The summed E-state index contributed by atoms with van der Waals surface area (Å²) < 4.78 is 5.18. The molecule has 7 nitrogen and oxygen atoms in total. The smallest absolute Gasteiger partial charge is 0.307 e. The minimum atomic E-state index is -0.980. The van der Waals surface area contributed by atoms with E-state index in [9.17, 15) is 14.4 Å². The molecule has 4 rings (SSSR count). The number of para-hydroxylation sites is 1. The van der Waals surface area contributed by atoms with Gasteiger partial charge >= 0.3 is 5.97 Å². The lowest BCUT2D eigenvalue weighted by atomic mass is 10.0. The van der Waals surface area contributed by atoms with Crippen LogP contribution in [0.3, 0.4) is 0 Å². The zero-order valence-corrected chi connectivity index (χ0v) is 22.7. The molecule has 0 aliphatic carbocycles. The average molecular weight is 534 g/mol. The molecule has 3 aromatic carbocycles. The van der Waals surface area contributed by atoms with Crippen molar-refractivity contribution in [2.24, 2.45) is 0 Å². The maximum atomic E-state index is 14.5. The molecule has 1 aliphatic heterocycles. The SMILES string of the molecule is CCOC(=O)CC(C)N1C(=O)c2cc(C#CCCCC#N)ccc2N(c2ccccc2)C(=O)C1c1ccccc1. The lowest BCUT2D eigenvalue weighted by Gasteiger charge is -2.35. The van der Waals surface area contributed by atoms with E-state index in [0.29, 0.717) is 47.3 Å². The van der Waals surface area contributed by atoms with Gasteiger partial charge in [0, 0.05) is 30.1 Å². The number of anilines is 2. The standard InChI is InChI=1S/C33H31N3O4/c1-3-40-30(37)22-24(2)35-31(26-15-9-6-10-16-26)33(39)36(27-17-11-7-12-18-27)29-20-19-25(23-28(29)32(35)38)14-8-4-5-13-21-34/h6-7,9-12,15-20,23-24,31H,3-5,13,22H2,1-2H3. The van der Waals surface area contributed by atoms with Crippen LogP contribution in [0.25, 0.3) is 0 Å². The van der Waals surface area contributed by atoms with Crippen molar-refractivity contribution >= 4 is 29.2 Å². The average Bonchev–Trinajstić information content (AvgIpc) is 3.06. The number of esters is 1. The first kappa shape index (κ1) is 28.1. The maximum absolute atomic E-state index is 14.5. The minimum absolute atomic E-state index is 0.0603. The van der Waals surface area contributed by atoms with E-state index >= 15 is 0 Å². The number of unbranched alkanes of at least 4 members (excludes halogenated alkanes) is 2.